The van der Waals surface area contributed by atoms with Crippen LogP contribution in [0.2, 0.25) is 0 Å². The van der Waals surface area contributed by atoms with Crippen LogP contribution in [0, 0.1) is 12.8 Å². The van der Waals surface area contributed by atoms with E-state index >= 15 is 0 Å². The van der Waals surface area contributed by atoms with Gasteiger partial charge >= 0.3 is 5.97 Å². The molecule has 1 aliphatic heterocycles. The van der Waals surface area contributed by atoms with Crippen molar-refractivity contribution in [1.82, 2.24) is 10.2 Å². The highest BCUT2D eigenvalue weighted by Crippen LogP contribution is 2.22. The summed E-state index contributed by atoms with van der Waals surface area (Å²) in [5, 5.41) is 11.9. The van der Waals surface area contributed by atoms with Crippen molar-refractivity contribution in [3.8, 4) is 0 Å². The second-order valence-electron chi connectivity index (χ2n) is 6.99. The smallest absolute Gasteiger partial charge is 0.305 e. The Balaban J connectivity index is 2.11. The Bertz CT molecular complexity index is 639. The molecule has 1 saturated heterocycles. The lowest BCUT2D eigenvalue weighted by Crippen LogP contribution is -2.52. The quantitative estimate of drug-likeness (QED) is 0.827. The molecule has 0 aromatic heterocycles. The summed E-state index contributed by atoms with van der Waals surface area (Å²) in [4.78, 5) is 38.0. The van der Waals surface area contributed by atoms with Crippen molar-refractivity contribution < 1.29 is 19.5 Å². The molecule has 1 aromatic rings. The molecule has 0 aliphatic carbocycles. The molecule has 25 heavy (non-hydrogen) atoms. The van der Waals surface area contributed by atoms with E-state index in [1.807, 2.05) is 32.9 Å². The normalized spacial score (nSPS) is 18.2. The molecule has 2 rings (SSSR count). The first-order valence-electron chi connectivity index (χ1n) is 8.69. The number of benzene rings is 1. The van der Waals surface area contributed by atoms with Crippen molar-refractivity contribution in [3.63, 3.8) is 0 Å². The minimum atomic E-state index is -0.908. The van der Waals surface area contributed by atoms with E-state index in [0.29, 0.717) is 18.5 Å². The van der Waals surface area contributed by atoms with E-state index in [-0.39, 0.29) is 30.2 Å². The van der Waals surface area contributed by atoms with E-state index in [4.69, 9.17) is 5.11 Å². The number of likely N-dealkylation sites (tertiary alicyclic amines) is 1. The number of hydrogen-bond donors (Lipinski definition) is 2. The second kappa shape index (κ2) is 8.14. The predicted octanol–water partition coefficient (Wildman–Crippen LogP) is 2.22. The Morgan fingerprint density at radius 2 is 1.88 bits per heavy atom. The van der Waals surface area contributed by atoms with Crippen LogP contribution in [0.25, 0.3) is 0 Å². The summed E-state index contributed by atoms with van der Waals surface area (Å²) < 4.78 is 0. The zero-order valence-electron chi connectivity index (χ0n) is 15.0. The highest BCUT2D eigenvalue weighted by Gasteiger charge is 2.36. The number of carbonyl (C=O) groups excluding carboxylic acids is 2. The van der Waals surface area contributed by atoms with Gasteiger partial charge in [0.25, 0.3) is 5.91 Å². The number of carboxylic acids is 1. The molecule has 2 N–H and O–H groups in total. The second-order valence-corrected chi connectivity index (χ2v) is 6.99. The number of aryl methyl sites for hydroxylation is 1. The molecular formula is C19H26N2O4. The van der Waals surface area contributed by atoms with E-state index in [9.17, 15) is 14.4 Å². The van der Waals surface area contributed by atoms with E-state index in [0.717, 1.165) is 12.0 Å². The van der Waals surface area contributed by atoms with Gasteiger partial charge in [0.2, 0.25) is 5.91 Å². The number of nitrogens with zero attached hydrogens (tertiary/aromatic N) is 1. The molecule has 136 valence electrons. The van der Waals surface area contributed by atoms with Crippen molar-refractivity contribution in [2.75, 3.05) is 6.54 Å². The van der Waals surface area contributed by atoms with Gasteiger partial charge in [0.1, 0.15) is 6.04 Å². The lowest BCUT2D eigenvalue weighted by molar-refractivity contribution is -0.140. The van der Waals surface area contributed by atoms with E-state index in [1.165, 1.54) is 0 Å². The van der Waals surface area contributed by atoms with Crippen LogP contribution in [0.5, 0.6) is 0 Å². The molecule has 6 nitrogen and oxygen atoms in total. The summed E-state index contributed by atoms with van der Waals surface area (Å²) in [5.41, 5.74) is 1.56. The Hall–Kier alpha value is -2.37. The van der Waals surface area contributed by atoms with Crippen LogP contribution in [0.3, 0.4) is 0 Å². The standard InChI is InChI=1S/C19H26N2O4/c1-12(2)17(20-18(24)14-8-6-13(3)7-9-14)19(25)21-10-4-5-15(21)11-16(22)23/h6-9,12,15,17H,4-5,10-11H2,1-3H3,(H,20,24)(H,22,23). The summed E-state index contributed by atoms with van der Waals surface area (Å²) >= 11 is 0. The molecule has 1 fully saturated rings. The Kier molecular flexibility index (Phi) is 6.17. The summed E-state index contributed by atoms with van der Waals surface area (Å²) in [5.74, 6) is -1.48. The highest BCUT2D eigenvalue weighted by molar-refractivity contribution is 5.97. The number of amides is 2. The predicted molar refractivity (Wildman–Crippen MR) is 94.3 cm³/mol. The van der Waals surface area contributed by atoms with Gasteiger partial charge in [-0.1, -0.05) is 31.5 Å². The fraction of sp³-hybridized carbons (Fsp3) is 0.526. The van der Waals surface area contributed by atoms with Gasteiger partial charge in [-0.2, -0.15) is 0 Å². The van der Waals surface area contributed by atoms with Crippen LogP contribution in [0.4, 0.5) is 0 Å². The van der Waals surface area contributed by atoms with E-state index in [2.05, 4.69) is 5.32 Å². The Morgan fingerprint density at radius 3 is 2.44 bits per heavy atom. The maximum absolute atomic E-state index is 12.9. The zero-order valence-corrected chi connectivity index (χ0v) is 15.0. The van der Waals surface area contributed by atoms with Crippen LogP contribution in [0.1, 0.15) is 49.0 Å². The molecule has 0 spiro atoms. The Morgan fingerprint density at radius 1 is 1.24 bits per heavy atom. The van der Waals surface area contributed by atoms with Crippen LogP contribution in [0.15, 0.2) is 24.3 Å². The van der Waals surface area contributed by atoms with Crippen LogP contribution in [-0.2, 0) is 9.59 Å². The van der Waals surface area contributed by atoms with Gasteiger partial charge < -0.3 is 15.3 Å². The summed E-state index contributed by atoms with van der Waals surface area (Å²) in [6.07, 6.45) is 1.43. The molecule has 2 unspecified atom stereocenters. The molecule has 0 saturated carbocycles. The molecule has 1 aromatic carbocycles. The van der Waals surface area contributed by atoms with Crippen LogP contribution < -0.4 is 5.32 Å². The van der Waals surface area contributed by atoms with Gasteiger partial charge in [-0.15, -0.1) is 0 Å². The number of hydrogen-bond acceptors (Lipinski definition) is 3. The molecule has 1 aliphatic rings. The SMILES string of the molecule is Cc1ccc(C(=O)NC(C(=O)N2CCCC2CC(=O)O)C(C)C)cc1. The number of carboxylic acid groups (broad SMARTS) is 1. The van der Waals surface area contributed by atoms with Gasteiger partial charge in [0, 0.05) is 18.2 Å². The highest BCUT2D eigenvalue weighted by atomic mass is 16.4. The summed E-state index contributed by atoms with van der Waals surface area (Å²) in [6.45, 7) is 6.24. The van der Waals surface area contributed by atoms with E-state index in [1.54, 1.807) is 17.0 Å². The third kappa shape index (κ3) is 4.81. The number of nitrogens with one attached hydrogen (secondary N) is 1. The molecular weight excluding hydrogens is 320 g/mol. The third-order valence-electron chi connectivity index (χ3n) is 4.60. The van der Waals surface area contributed by atoms with Crippen molar-refractivity contribution in [2.24, 2.45) is 5.92 Å². The topological polar surface area (TPSA) is 86.7 Å². The molecule has 6 heteroatoms. The fourth-order valence-corrected chi connectivity index (χ4v) is 3.16. The van der Waals surface area contributed by atoms with Gasteiger partial charge in [-0.05, 0) is 37.8 Å². The van der Waals surface area contributed by atoms with Gasteiger partial charge in [0.15, 0.2) is 0 Å². The minimum Gasteiger partial charge on any atom is -0.481 e. The summed E-state index contributed by atoms with van der Waals surface area (Å²) in [6, 6.07) is 6.21. The minimum absolute atomic E-state index is 0.0531. The first-order chi connectivity index (χ1) is 11.8. The molecule has 1 heterocycles. The number of aliphatic carboxylic acids is 1. The first kappa shape index (κ1) is 19.0. The van der Waals surface area contributed by atoms with Gasteiger partial charge in [0.05, 0.1) is 6.42 Å². The molecule has 0 bridgehead atoms. The van der Waals surface area contributed by atoms with Crippen LogP contribution in [-0.4, -0.2) is 46.4 Å². The average Bonchev–Trinajstić information content (AvgIpc) is 2.99. The van der Waals surface area contributed by atoms with Gasteiger partial charge in [-0.25, -0.2) is 0 Å². The van der Waals surface area contributed by atoms with Crippen LogP contribution >= 0.6 is 0 Å². The van der Waals surface area contributed by atoms with Crippen molar-refractivity contribution in [1.29, 1.82) is 0 Å². The van der Waals surface area contributed by atoms with Gasteiger partial charge in [-0.3, -0.25) is 14.4 Å². The lowest BCUT2D eigenvalue weighted by atomic mass is 10.0. The van der Waals surface area contributed by atoms with E-state index < -0.39 is 12.0 Å². The van der Waals surface area contributed by atoms with Crippen molar-refractivity contribution in [3.05, 3.63) is 35.4 Å². The largest absolute Gasteiger partial charge is 0.481 e. The molecule has 0 radical (unpaired) electrons. The maximum Gasteiger partial charge on any atom is 0.305 e. The Labute approximate surface area is 148 Å². The van der Waals surface area contributed by atoms with Crippen molar-refractivity contribution >= 4 is 17.8 Å². The average molecular weight is 346 g/mol. The third-order valence-corrected chi connectivity index (χ3v) is 4.60. The monoisotopic (exact) mass is 346 g/mol. The number of carbonyl (C=O) groups is 3. The zero-order chi connectivity index (χ0) is 18.6. The lowest BCUT2D eigenvalue weighted by Gasteiger charge is -2.30. The molecule has 2 atom stereocenters. The van der Waals surface area contributed by atoms with Crippen molar-refractivity contribution in [2.45, 2.75) is 52.1 Å². The number of rotatable bonds is 6. The molecule has 2 amide bonds. The first-order valence-corrected chi connectivity index (χ1v) is 8.69. The fourth-order valence-electron chi connectivity index (χ4n) is 3.16. The summed E-state index contributed by atoms with van der Waals surface area (Å²) in [7, 11) is 0. The maximum atomic E-state index is 12.9.